The molecule has 6 nitrogen and oxygen atoms in total. The molecule has 1 aliphatic rings. The molecule has 3 heterocycles. The molecule has 3 aromatic rings. The van der Waals surface area contributed by atoms with Gasteiger partial charge in [-0.25, -0.2) is 0 Å². The molecule has 0 fully saturated rings. The second kappa shape index (κ2) is 7.40. The summed E-state index contributed by atoms with van der Waals surface area (Å²) in [4.78, 5) is 19.3. The number of carbonyl (C=O) groups is 1. The zero-order valence-electron chi connectivity index (χ0n) is 15.4. The fourth-order valence-electron chi connectivity index (χ4n) is 3.37. The van der Waals surface area contributed by atoms with Crippen LogP contribution in [0.25, 0.3) is 11.1 Å². The Morgan fingerprint density at radius 1 is 1.19 bits per heavy atom. The van der Waals surface area contributed by atoms with Crippen molar-refractivity contribution in [3.05, 3.63) is 60.2 Å². The summed E-state index contributed by atoms with van der Waals surface area (Å²) in [5.41, 5.74) is 4.17. The average Bonchev–Trinajstić information content (AvgIpc) is 3.11. The van der Waals surface area contributed by atoms with Crippen molar-refractivity contribution in [2.24, 2.45) is 0 Å². The van der Waals surface area contributed by atoms with Gasteiger partial charge in [-0.15, -0.1) is 12.4 Å². The van der Waals surface area contributed by atoms with Crippen LogP contribution in [0.5, 0.6) is 5.75 Å². The summed E-state index contributed by atoms with van der Waals surface area (Å²) in [7, 11) is 1.63. The molecule has 1 amide bonds. The highest BCUT2D eigenvalue weighted by atomic mass is 35.5. The molecule has 7 heteroatoms. The summed E-state index contributed by atoms with van der Waals surface area (Å²) < 4.78 is 7.04. The van der Waals surface area contributed by atoms with E-state index in [2.05, 4.69) is 17.0 Å². The maximum absolute atomic E-state index is 13.3. The molecule has 4 rings (SSSR count). The van der Waals surface area contributed by atoms with Crippen LogP contribution in [0.4, 0.5) is 5.69 Å². The Balaban J connectivity index is 0.00000210. The average molecular weight is 385 g/mol. The number of carbonyl (C=O) groups excluding carboxylic acids is 1. The van der Waals surface area contributed by atoms with Gasteiger partial charge in [-0.2, -0.15) is 5.10 Å². The van der Waals surface area contributed by atoms with Gasteiger partial charge in [-0.3, -0.25) is 14.5 Å². The third-order valence-electron chi connectivity index (χ3n) is 4.70. The largest absolute Gasteiger partial charge is 0.497 e. The van der Waals surface area contributed by atoms with E-state index in [1.54, 1.807) is 24.4 Å². The van der Waals surface area contributed by atoms with Gasteiger partial charge in [0.15, 0.2) is 0 Å². The van der Waals surface area contributed by atoms with Gasteiger partial charge in [-0.1, -0.05) is 0 Å². The van der Waals surface area contributed by atoms with Gasteiger partial charge in [0.2, 0.25) is 0 Å². The Hall–Kier alpha value is -2.86. The van der Waals surface area contributed by atoms with Gasteiger partial charge in [0, 0.05) is 29.7 Å². The van der Waals surface area contributed by atoms with Crippen LogP contribution in [0.2, 0.25) is 0 Å². The number of aromatic nitrogens is 3. The highest BCUT2D eigenvalue weighted by Gasteiger charge is 2.33. The standard InChI is InChI=1S/C20H20N4O2.ClH/c1-13-10-15(8-9-21-13)18-11-22-24-14(2)12-23(20(25)19(18)24)16-4-6-17(26-3)7-5-16;/h4-11,14H,12H2,1-3H3;1H. The molecule has 1 aromatic carbocycles. The predicted octanol–water partition coefficient (Wildman–Crippen LogP) is 3.91. The maximum Gasteiger partial charge on any atom is 0.277 e. The predicted molar refractivity (Wildman–Crippen MR) is 107 cm³/mol. The quantitative estimate of drug-likeness (QED) is 0.687. The van der Waals surface area contributed by atoms with Gasteiger partial charge in [-0.05, 0) is 55.8 Å². The van der Waals surface area contributed by atoms with Crippen molar-refractivity contribution in [1.29, 1.82) is 0 Å². The zero-order valence-corrected chi connectivity index (χ0v) is 16.2. The first kappa shape index (κ1) is 18.9. The minimum atomic E-state index is -0.0461. The van der Waals surface area contributed by atoms with E-state index in [4.69, 9.17) is 4.74 Å². The summed E-state index contributed by atoms with van der Waals surface area (Å²) in [6, 6.07) is 11.5. The van der Waals surface area contributed by atoms with E-state index in [1.807, 2.05) is 48.0 Å². The summed E-state index contributed by atoms with van der Waals surface area (Å²) in [6.45, 7) is 4.59. The van der Waals surface area contributed by atoms with E-state index >= 15 is 0 Å². The fraction of sp³-hybridized carbons (Fsp3) is 0.250. The van der Waals surface area contributed by atoms with Crippen molar-refractivity contribution < 1.29 is 9.53 Å². The molecule has 0 bridgehead atoms. The van der Waals surface area contributed by atoms with Gasteiger partial charge in [0.25, 0.3) is 5.91 Å². The van der Waals surface area contributed by atoms with Crippen LogP contribution in [0.15, 0.2) is 48.8 Å². The first-order valence-electron chi connectivity index (χ1n) is 8.55. The van der Waals surface area contributed by atoms with Gasteiger partial charge in [0.05, 0.1) is 19.3 Å². The lowest BCUT2D eigenvalue weighted by molar-refractivity contribution is 0.0954. The number of aryl methyl sites for hydroxylation is 1. The van der Waals surface area contributed by atoms with Crippen molar-refractivity contribution in [2.75, 3.05) is 18.6 Å². The highest BCUT2D eigenvalue weighted by Crippen LogP contribution is 2.33. The SMILES string of the molecule is COc1ccc(N2CC(C)n3ncc(-c4ccnc(C)c4)c3C2=O)cc1.Cl. The van der Waals surface area contributed by atoms with Gasteiger partial charge in [0.1, 0.15) is 11.4 Å². The summed E-state index contributed by atoms with van der Waals surface area (Å²) in [5, 5.41) is 4.48. The molecule has 0 saturated carbocycles. The molecule has 1 atom stereocenters. The molecule has 27 heavy (non-hydrogen) atoms. The molecule has 140 valence electrons. The number of fused-ring (bicyclic) bond motifs is 1. The number of anilines is 1. The van der Waals surface area contributed by atoms with Crippen molar-refractivity contribution in [3.8, 4) is 16.9 Å². The Bertz CT molecular complexity index is 968. The van der Waals surface area contributed by atoms with E-state index in [0.717, 1.165) is 28.3 Å². The number of amides is 1. The fourth-order valence-corrected chi connectivity index (χ4v) is 3.37. The van der Waals surface area contributed by atoms with Crippen LogP contribution in [0.1, 0.15) is 29.1 Å². The second-order valence-electron chi connectivity index (χ2n) is 6.50. The lowest BCUT2D eigenvalue weighted by atomic mass is 10.0. The summed E-state index contributed by atoms with van der Waals surface area (Å²) in [6.07, 6.45) is 3.53. The molecule has 0 aliphatic carbocycles. The molecule has 0 spiro atoms. The van der Waals surface area contributed by atoms with Crippen LogP contribution >= 0.6 is 12.4 Å². The van der Waals surface area contributed by atoms with Crippen molar-refractivity contribution in [3.63, 3.8) is 0 Å². The van der Waals surface area contributed by atoms with E-state index < -0.39 is 0 Å². The molecule has 0 saturated heterocycles. The first-order valence-corrected chi connectivity index (χ1v) is 8.55. The Kier molecular flexibility index (Phi) is 5.19. The van der Waals surface area contributed by atoms with E-state index in [1.165, 1.54) is 0 Å². The number of methoxy groups -OCH3 is 1. The Morgan fingerprint density at radius 3 is 2.59 bits per heavy atom. The van der Waals surface area contributed by atoms with Crippen molar-refractivity contribution in [1.82, 2.24) is 14.8 Å². The lowest BCUT2D eigenvalue weighted by Crippen LogP contribution is -2.42. The lowest BCUT2D eigenvalue weighted by Gasteiger charge is -2.32. The molecular formula is C20H21ClN4O2. The molecular weight excluding hydrogens is 364 g/mol. The first-order chi connectivity index (χ1) is 12.6. The topological polar surface area (TPSA) is 60.2 Å². The Labute approximate surface area is 164 Å². The van der Waals surface area contributed by atoms with Crippen LogP contribution in [-0.2, 0) is 0 Å². The van der Waals surface area contributed by atoms with Gasteiger partial charge >= 0.3 is 0 Å². The molecule has 1 unspecified atom stereocenters. The summed E-state index contributed by atoms with van der Waals surface area (Å²) >= 11 is 0. The molecule has 0 N–H and O–H groups in total. The normalized spacial score (nSPS) is 15.9. The van der Waals surface area contributed by atoms with E-state index in [0.29, 0.717) is 12.2 Å². The van der Waals surface area contributed by atoms with Crippen LogP contribution in [0.3, 0.4) is 0 Å². The number of benzene rings is 1. The highest BCUT2D eigenvalue weighted by molar-refractivity contribution is 6.09. The van der Waals surface area contributed by atoms with Gasteiger partial charge < -0.3 is 9.64 Å². The van der Waals surface area contributed by atoms with E-state index in [9.17, 15) is 4.79 Å². The number of rotatable bonds is 3. The number of halogens is 1. The second-order valence-corrected chi connectivity index (χ2v) is 6.50. The number of hydrogen-bond acceptors (Lipinski definition) is 4. The molecule has 1 aliphatic heterocycles. The third kappa shape index (κ3) is 3.28. The monoisotopic (exact) mass is 384 g/mol. The van der Waals surface area contributed by atoms with Crippen LogP contribution in [-0.4, -0.2) is 34.3 Å². The number of hydrogen-bond donors (Lipinski definition) is 0. The molecule has 2 aromatic heterocycles. The maximum atomic E-state index is 13.3. The summed E-state index contributed by atoms with van der Waals surface area (Å²) in [5.74, 6) is 0.722. The number of nitrogens with zero attached hydrogens (tertiary/aromatic N) is 4. The van der Waals surface area contributed by atoms with Crippen LogP contribution < -0.4 is 9.64 Å². The Morgan fingerprint density at radius 2 is 1.93 bits per heavy atom. The molecule has 0 radical (unpaired) electrons. The zero-order chi connectivity index (χ0) is 18.3. The number of pyridine rings is 1. The van der Waals surface area contributed by atoms with Crippen molar-refractivity contribution >= 4 is 24.0 Å². The van der Waals surface area contributed by atoms with Crippen LogP contribution in [0, 0.1) is 6.92 Å². The van der Waals surface area contributed by atoms with Crippen molar-refractivity contribution in [2.45, 2.75) is 19.9 Å². The third-order valence-corrected chi connectivity index (χ3v) is 4.70. The minimum absolute atomic E-state index is 0. The minimum Gasteiger partial charge on any atom is -0.497 e. The smallest absolute Gasteiger partial charge is 0.277 e. The number of ether oxygens (including phenoxy) is 1. The van der Waals surface area contributed by atoms with E-state index in [-0.39, 0.29) is 24.4 Å².